The topological polar surface area (TPSA) is 65.2 Å². The molecule has 0 fully saturated rings. The number of aromatic nitrogens is 4. The van der Waals surface area contributed by atoms with Crippen LogP contribution in [0.4, 0.5) is 0 Å². The summed E-state index contributed by atoms with van der Waals surface area (Å²) < 4.78 is 8.82. The Morgan fingerprint density at radius 1 is 1.31 bits per heavy atom. The maximum Gasteiger partial charge on any atom is 0.274 e. The van der Waals surface area contributed by atoms with Crippen LogP contribution in [0, 0.1) is 0 Å². The van der Waals surface area contributed by atoms with Gasteiger partial charge in [-0.1, -0.05) is 29.3 Å². The average Bonchev–Trinajstić information content (AvgIpc) is 3.24. The SMILES string of the molecule is CN(Cc1cnn(C)c1)C(=O)c1ccn(COc2cccc(Cl)c2Cl)n1. The molecule has 1 amide bonds. The van der Waals surface area contributed by atoms with Gasteiger partial charge in [-0.3, -0.25) is 9.48 Å². The van der Waals surface area contributed by atoms with E-state index >= 15 is 0 Å². The summed E-state index contributed by atoms with van der Waals surface area (Å²) in [7, 11) is 3.55. The second-order valence-electron chi connectivity index (χ2n) is 5.75. The highest BCUT2D eigenvalue weighted by Gasteiger charge is 2.16. The van der Waals surface area contributed by atoms with Gasteiger partial charge in [0.15, 0.2) is 12.4 Å². The molecule has 2 aromatic heterocycles. The Kier molecular flexibility index (Phi) is 5.49. The predicted octanol–water partition coefficient (Wildman–Crippen LogP) is 3.23. The first-order valence-corrected chi connectivity index (χ1v) is 8.53. The number of carbonyl (C=O) groups excluding carboxylic acids is 1. The van der Waals surface area contributed by atoms with E-state index in [4.69, 9.17) is 27.9 Å². The van der Waals surface area contributed by atoms with Crippen LogP contribution < -0.4 is 4.74 Å². The van der Waals surface area contributed by atoms with Crippen molar-refractivity contribution < 1.29 is 9.53 Å². The highest BCUT2D eigenvalue weighted by Crippen LogP contribution is 2.31. The first kappa shape index (κ1) is 18.3. The minimum absolute atomic E-state index is 0.111. The maximum atomic E-state index is 12.5. The minimum atomic E-state index is -0.187. The van der Waals surface area contributed by atoms with Crippen molar-refractivity contribution in [3.63, 3.8) is 0 Å². The van der Waals surface area contributed by atoms with Crippen LogP contribution in [0.15, 0.2) is 42.9 Å². The van der Waals surface area contributed by atoms with Crippen molar-refractivity contribution >= 4 is 29.1 Å². The second-order valence-corrected chi connectivity index (χ2v) is 6.53. The van der Waals surface area contributed by atoms with Crippen molar-refractivity contribution in [2.75, 3.05) is 7.05 Å². The van der Waals surface area contributed by atoms with E-state index < -0.39 is 0 Å². The van der Waals surface area contributed by atoms with Crippen LogP contribution >= 0.6 is 23.2 Å². The fourth-order valence-corrected chi connectivity index (χ4v) is 2.72. The van der Waals surface area contributed by atoms with Crippen LogP contribution in [0.2, 0.25) is 10.0 Å². The number of nitrogens with zero attached hydrogens (tertiary/aromatic N) is 5. The number of aryl methyl sites for hydroxylation is 1. The summed E-state index contributed by atoms with van der Waals surface area (Å²) in [5, 5.41) is 9.10. The van der Waals surface area contributed by atoms with Gasteiger partial charge in [-0.05, 0) is 18.2 Å². The highest BCUT2D eigenvalue weighted by molar-refractivity contribution is 6.42. The van der Waals surface area contributed by atoms with Gasteiger partial charge in [-0.25, -0.2) is 4.68 Å². The van der Waals surface area contributed by atoms with Gasteiger partial charge in [0.25, 0.3) is 5.91 Å². The summed E-state index contributed by atoms with van der Waals surface area (Å²) in [6, 6.07) is 6.78. The first-order chi connectivity index (χ1) is 12.4. The van der Waals surface area contributed by atoms with Crippen LogP contribution in [-0.2, 0) is 20.3 Å². The molecule has 7 nitrogen and oxygen atoms in total. The molecule has 3 rings (SSSR count). The molecule has 0 N–H and O–H groups in total. The van der Waals surface area contributed by atoms with E-state index in [2.05, 4.69) is 10.2 Å². The zero-order valence-electron chi connectivity index (χ0n) is 14.3. The van der Waals surface area contributed by atoms with Gasteiger partial charge in [-0.2, -0.15) is 10.2 Å². The van der Waals surface area contributed by atoms with Crippen LogP contribution in [0.3, 0.4) is 0 Å². The average molecular weight is 394 g/mol. The molecule has 136 valence electrons. The van der Waals surface area contributed by atoms with Crippen LogP contribution in [0.25, 0.3) is 0 Å². The van der Waals surface area contributed by atoms with Crippen molar-refractivity contribution in [3.05, 3.63) is 64.2 Å². The molecule has 0 aliphatic carbocycles. The minimum Gasteiger partial charge on any atom is -0.470 e. The molecule has 3 aromatic rings. The number of amides is 1. The Morgan fingerprint density at radius 2 is 2.12 bits per heavy atom. The number of ether oxygens (including phenoxy) is 1. The summed E-state index contributed by atoms with van der Waals surface area (Å²) in [5.41, 5.74) is 1.28. The van der Waals surface area contributed by atoms with E-state index in [1.54, 1.807) is 53.3 Å². The Bertz CT molecular complexity index is 922. The molecular formula is C17H17Cl2N5O2. The molecule has 9 heteroatoms. The largest absolute Gasteiger partial charge is 0.470 e. The molecule has 0 bridgehead atoms. The molecule has 0 saturated heterocycles. The molecule has 0 radical (unpaired) electrons. The lowest BCUT2D eigenvalue weighted by molar-refractivity contribution is 0.0777. The molecule has 0 unspecified atom stereocenters. The van der Waals surface area contributed by atoms with E-state index in [1.165, 1.54) is 4.68 Å². The van der Waals surface area contributed by atoms with E-state index in [9.17, 15) is 4.79 Å². The van der Waals surface area contributed by atoms with Crippen LogP contribution in [0.1, 0.15) is 16.1 Å². The van der Waals surface area contributed by atoms with Crippen molar-refractivity contribution in [1.82, 2.24) is 24.5 Å². The third kappa shape index (κ3) is 4.17. The number of hydrogen-bond donors (Lipinski definition) is 0. The van der Waals surface area contributed by atoms with Gasteiger partial charge < -0.3 is 9.64 Å². The fourth-order valence-electron chi connectivity index (χ4n) is 2.37. The quantitative estimate of drug-likeness (QED) is 0.644. The summed E-state index contributed by atoms with van der Waals surface area (Å²) in [5.74, 6) is 0.268. The van der Waals surface area contributed by atoms with Gasteiger partial charge in [0.05, 0.1) is 11.2 Å². The highest BCUT2D eigenvalue weighted by atomic mass is 35.5. The van der Waals surface area contributed by atoms with Crippen molar-refractivity contribution in [2.24, 2.45) is 7.05 Å². The molecule has 1 aromatic carbocycles. The molecule has 0 aliphatic rings. The number of rotatable bonds is 6. The van der Waals surface area contributed by atoms with Crippen LogP contribution in [-0.4, -0.2) is 37.4 Å². The standard InChI is InChI=1S/C17H17Cl2N5O2/c1-22(9-12-8-20-23(2)10-12)17(25)14-6-7-24(21-14)11-26-15-5-3-4-13(18)16(15)19/h3-8,10H,9,11H2,1-2H3. The third-order valence-corrected chi connectivity index (χ3v) is 4.45. The summed E-state index contributed by atoms with van der Waals surface area (Å²) >= 11 is 12.0. The van der Waals surface area contributed by atoms with E-state index in [0.717, 1.165) is 5.56 Å². The zero-order valence-corrected chi connectivity index (χ0v) is 15.8. The molecule has 0 aliphatic heterocycles. The monoisotopic (exact) mass is 393 g/mol. The van der Waals surface area contributed by atoms with Gasteiger partial charge in [0.2, 0.25) is 0 Å². The second kappa shape index (κ2) is 7.80. The van der Waals surface area contributed by atoms with Crippen molar-refractivity contribution in [1.29, 1.82) is 0 Å². The molecule has 0 spiro atoms. The third-order valence-electron chi connectivity index (χ3n) is 3.65. The molecule has 26 heavy (non-hydrogen) atoms. The Morgan fingerprint density at radius 3 is 2.85 bits per heavy atom. The van der Waals surface area contributed by atoms with Crippen molar-refractivity contribution in [2.45, 2.75) is 13.3 Å². The van der Waals surface area contributed by atoms with Gasteiger partial charge in [0.1, 0.15) is 10.8 Å². The maximum absolute atomic E-state index is 12.5. The Hall–Kier alpha value is -2.51. The Balaban J connectivity index is 1.61. The van der Waals surface area contributed by atoms with Gasteiger partial charge in [-0.15, -0.1) is 0 Å². The summed E-state index contributed by atoms with van der Waals surface area (Å²) in [6.45, 7) is 0.563. The lowest BCUT2D eigenvalue weighted by Gasteiger charge is -2.14. The fraction of sp³-hybridized carbons (Fsp3) is 0.235. The zero-order chi connectivity index (χ0) is 18.7. The van der Waals surface area contributed by atoms with Gasteiger partial charge >= 0.3 is 0 Å². The van der Waals surface area contributed by atoms with E-state index in [0.29, 0.717) is 28.0 Å². The summed E-state index contributed by atoms with van der Waals surface area (Å²) in [4.78, 5) is 14.1. The number of benzene rings is 1. The molecular weight excluding hydrogens is 377 g/mol. The van der Waals surface area contributed by atoms with Crippen LogP contribution in [0.5, 0.6) is 5.75 Å². The molecule has 2 heterocycles. The summed E-state index contributed by atoms with van der Waals surface area (Å²) in [6.07, 6.45) is 5.26. The number of halogens is 2. The molecule has 0 atom stereocenters. The van der Waals surface area contributed by atoms with E-state index in [1.807, 2.05) is 13.2 Å². The lowest BCUT2D eigenvalue weighted by atomic mass is 10.3. The molecule has 0 saturated carbocycles. The van der Waals surface area contributed by atoms with E-state index in [-0.39, 0.29) is 12.6 Å². The number of carbonyl (C=O) groups is 1. The first-order valence-electron chi connectivity index (χ1n) is 7.77. The number of hydrogen-bond acceptors (Lipinski definition) is 4. The van der Waals surface area contributed by atoms with Gasteiger partial charge in [0, 0.05) is 38.6 Å². The lowest BCUT2D eigenvalue weighted by Crippen LogP contribution is -2.26. The predicted molar refractivity (Wildman–Crippen MR) is 98.3 cm³/mol. The smallest absolute Gasteiger partial charge is 0.274 e. The van der Waals surface area contributed by atoms with Crippen molar-refractivity contribution in [3.8, 4) is 5.75 Å². The normalized spacial score (nSPS) is 10.8. The Labute approximate surface area is 160 Å².